The summed E-state index contributed by atoms with van der Waals surface area (Å²) in [6.07, 6.45) is 0.345. The lowest BCUT2D eigenvalue weighted by molar-refractivity contribution is 0.118. The van der Waals surface area contributed by atoms with E-state index < -0.39 is 8.56 Å². The highest BCUT2D eigenvalue weighted by atomic mass is 28.4. The lowest BCUT2D eigenvalue weighted by Crippen LogP contribution is -2.40. The van der Waals surface area contributed by atoms with E-state index in [1.165, 1.54) is 0 Å². The van der Waals surface area contributed by atoms with Crippen LogP contribution < -0.4 is 0 Å². The Kier molecular flexibility index (Phi) is 5.04. The van der Waals surface area contributed by atoms with Crippen molar-refractivity contribution in [2.24, 2.45) is 0 Å². The number of ether oxygens (including phenoxy) is 2. The van der Waals surface area contributed by atoms with Gasteiger partial charge in [0.2, 0.25) is 0 Å². The Morgan fingerprint density at radius 3 is 2.43 bits per heavy atom. The molecule has 0 radical (unpaired) electrons. The van der Waals surface area contributed by atoms with E-state index in [2.05, 4.69) is 6.92 Å². The van der Waals surface area contributed by atoms with Gasteiger partial charge in [-0.15, -0.1) is 0 Å². The van der Waals surface area contributed by atoms with Gasteiger partial charge in [0.1, 0.15) is 6.10 Å². The second-order valence-corrected chi connectivity index (χ2v) is 7.30. The molecule has 84 valence electrons. The molecule has 5 heteroatoms. The maximum atomic E-state index is 5.47. The Labute approximate surface area is 86.7 Å². The summed E-state index contributed by atoms with van der Waals surface area (Å²) < 4.78 is 21.4. The predicted molar refractivity (Wildman–Crippen MR) is 55.6 cm³/mol. The van der Waals surface area contributed by atoms with Crippen molar-refractivity contribution < 1.29 is 18.3 Å². The molecule has 0 amide bonds. The van der Waals surface area contributed by atoms with E-state index in [9.17, 15) is 0 Å². The topological polar surface area (TPSA) is 40.2 Å². The Bertz CT molecular complexity index is 149. The lowest BCUT2D eigenvalue weighted by Gasteiger charge is -2.25. The zero-order chi connectivity index (χ0) is 10.4. The van der Waals surface area contributed by atoms with Crippen LogP contribution >= 0.6 is 0 Å². The van der Waals surface area contributed by atoms with E-state index in [1.807, 2.05) is 0 Å². The monoisotopic (exact) mass is 220 g/mol. The number of hydrogen-bond acceptors (Lipinski definition) is 4. The minimum absolute atomic E-state index is 0.345. The van der Waals surface area contributed by atoms with Crippen LogP contribution in [-0.4, -0.2) is 48.7 Å². The van der Waals surface area contributed by atoms with Crippen LogP contribution in [0.1, 0.15) is 6.92 Å². The zero-order valence-corrected chi connectivity index (χ0v) is 10.2. The minimum Gasteiger partial charge on any atom is -0.398 e. The molecule has 1 aliphatic rings. The molecule has 14 heavy (non-hydrogen) atoms. The summed E-state index contributed by atoms with van der Waals surface area (Å²) in [5.74, 6) is 0. The molecule has 0 aromatic rings. The second kappa shape index (κ2) is 5.82. The Morgan fingerprint density at radius 2 is 2.00 bits per heavy atom. The molecule has 1 saturated heterocycles. The first-order chi connectivity index (χ1) is 6.76. The van der Waals surface area contributed by atoms with E-state index in [-0.39, 0.29) is 0 Å². The fraction of sp³-hybridized carbons (Fsp3) is 1.00. The summed E-state index contributed by atoms with van der Waals surface area (Å²) in [7, 11) is 1.52. The molecular formula is C9H20O4Si. The van der Waals surface area contributed by atoms with Gasteiger partial charge in [-0.1, -0.05) is 6.92 Å². The molecule has 1 atom stereocenters. The van der Waals surface area contributed by atoms with Crippen LogP contribution in [0.5, 0.6) is 0 Å². The normalized spacial score (nSPS) is 21.2. The van der Waals surface area contributed by atoms with Crippen LogP contribution in [0.25, 0.3) is 0 Å². The molecule has 4 nitrogen and oxygen atoms in total. The van der Waals surface area contributed by atoms with E-state index in [4.69, 9.17) is 18.3 Å². The SMILES string of the molecule is CC[Si](CCOCC1CO1)(OC)OC. The van der Waals surface area contributed by atoms with Crippen molar-refractivity contribution in [1.82, 2.24) is 0 Å². The van der Waals surface area contributed by atoms with Gasteiger partial charge in [-0.05, 0) is 6.04 Å². The van der Waals surface area contributed by atoms with Gasteiger partial charge in [0.15, 0.2) is 0 Å². The van der Waals surface area contributed by atoms with Crippen LogP contribution in [-0.2, 0) is 18.3 Å². The first-order valence-electron chi connectivity index (χ1n) is 5.06. The molecule has 1 unspecified atom stereocenters. The standard InChI is InChI=1S/C9H20O4Si/c1-4-14(10-2,11-3)6-5-12-7-9-8-13-9/h9H,4-8H2,1-3H3. The van der Waals surface area contributed by atoms with Crippen molar-refractivity contribution in [2.45, 2.75) is 25.1 Å². The Morgan fingerprint density at radius 1 is 1.36 bits per heavy atom. The second-order valence-electron chi connectivity index (χ2n) is 3.45. The molecule has 0 aromatic heterocycles. The summed E-state index contributed by atoms with van der Waals surface area (Å²) >= 11 is 0. The third-order valence-corrected chi connectivity index (χ3v) is 6.15. The Balaban J connectivity index is 2.11. The maximum absolute atomic E-state index is 5.47. The number of hydrogen-bond donors (Lipinski definition) is 0. The Hall–Kier alpha value is 0.0569. The minimum atomic E-state index is -1.93. The summed E-state index contributed by atoms with van der Waals surface area (Å²) in [5.41, 5.74) is 0. The largest absolute Gasteiger partial charge is 0.398 e. The third kappa shape index (κ3) is 3.66. The van der Waals surface area contributed by atoms with Crippen molar-refractivity contribution in [3.8, 4) is 0 Å². The van der Waals surface area contributed by atoms with Gasteiger partial charge in [-0.25, -0.2) is 0 Å². The van der Waals surface area contributed by atoms with Gasteiger partial charge >= 0.3 is 8.56 Å². The summed E-state index contributed by atoms with van der Waals surface area (Å²) in [6, 6.07) is 1.85. The first-order valence-corrected chi connectivity index (χ1v) is 7.29. The van der Waals surface area contributed by atoms with Crippen molar-refractivity contribution in [2.75, 3.05) is 34.0 Å². The van der Waals surface area contributed by atoms with Gasteiger partial charge in [0.25, 0.3) is 0 Å². The summed E-state index contributed by atoms with van der Waals surface area (Å²) in [4.78, 5) is 0. The van der Waals surface area contributed by atoms with Crippen LogP contribution in [0, 0.1) is 0 Å². The average molecular weight is 220 g/mol. The molecular weight excluding hydrogens is 200 g/mol. The van der Waals surface area contributed by atoms with Gasteiger partial charge in [-0.3, -0.25) is 0 Å². The molecule has 1 aliphatic heterocycles. The molecule has 0 aromatic carbocycles. The zero-order valence-electron chi connectivity index (χ0n) is 9.25. The lowest BCUT2D eigenvalue weighted by atomic mass is 10.5. The van der Waals surface area contributed by atoms with Crippen molar-refractivity contribution in [3.05, 3.63) is 0 Å². The van der Waals surface area contributed by atoms with Crippen LogP contribution in [0.2, 0.25) is 12.1 Å². The van der Waals surface area contributed by atoms with Gasteiger partial charge < -0.3 is 18.3 Å². The van der Waals surface area contributed by atoms with Crippen molar-refractivity contribution in [3.63, 3.8) is 0 Å². The van der Waals surface area contributed by atoms with Gasteiger partial charge in [-0.2, -0.15) is 0 Å². The number of rotatable bonds is 8. The highest BCUT2D eigenvalue weighted by Crippen LogP contribution is 2.17. The molecule has 0 bridgehead atoms. The van der Waals surface area contributed by atoms with Gasteiger partial charge in [0.05, 0.1) is 13.2 Å². The van der Waals surface area contributed by atoms with E-state index in [0.29, 0.717) is 19.3 Å². The fourth-order valence-electron chi connectivity index (χ4n) is 1.36. The third-order valence-electron chi connectivity index (χ3n) is 2.62. The van der Waals surface area contributed by atoms with E-state index in [0.717, 1.165) is 18.7 Å². The predicted octanol–water partition coefficient (Wildman–Crippen LogP) is 1.16. The first kappa shape index (κ1) is 12.1. The van der Waals surface area contributed by atoms with Crippen LogP contribution in [0.4, 0.5) is 0 Å². The highest BCUT2D eigenvalue weighted by Gasteiger charge is 2.33. The quantitative estimate of drug-likeness (QED) is 0.349. The molecule has 0 N–H and O–H groups in total. The number of epoxide rings is 1. The molecule has 0 aliphatic carbocycles. The van der Waals surface area contributed by atoms with Crippen LogP contribution in [0.15, 0.2) is 0 Å². The van der Waals surface area contributed by atoms with E-state index in [1.54, 1.807) is 14.2 Å². The maximum Gasteiger partial charge on any atom is 0.339 e. The van der Waals surface area contributed by atoms with Crippen LogP contribution in [0.3, 0.4) is 0 Å². The summed E-state index contributed by atoms with van der Waals surface area (Å²) in [6.45, 7) is 4.37. The molecule has 1 heterocycles. The smallest absolute Gasteiger partial charge is 0.339 e. The van der Waals surface area contributed by atoms with Gasteiger partial charge in [0, 0.05) is 26.9 Å². The molecule has 1 rings (SSSR count). The fourth-order valence-corrected chi connectivity index (χ4v) is 3.32. The molecule has 0 spiro atoms. The van der Waals surface area contributed by atoms with E-state index >= 15 is 0 Å². The van der Waals surface area contributed by atoms with Crippen molar-refractivity contribution in [1.29, 1.82) is 0 Å². The molecule has 1 fully saturated rings. The molecule has 0 saturated carbocycles. The average Bonchev–Trinajstić information content (AvgIpc) is 3.03. The summed E-state index contributed by atoms with van der Waals surface area (Å²) in [5, 5.41) is 0. The highest BCUT2D eigenvalue weighted by molar-refractivity contribution is 6.67. The van der Waals surface area contributed by atoms with Crippen molar-refractivity contribution >= 4 is 8.56 Å².